The van der Waals surface area contributed by atoms with E-state index in [2.05, 4.69) is 17.9 Å². The largest absolute Gasteiger partial charge is 0.457 e. The van der Waals surface area contributed by atoms with Crippen molar-refractivity contribution < 1.29 is 23.8 Å². The smallest absolute Gasteiger partial charge is 0.303 e. The van der Waals surface area contributed by atoms with E-state index in [0.717, 1.165) is 13.2 Å². The number of esters is 1. The van der Waals surface area contributed by atoms with Crippen LogP contribution in [0.15, 0.2) is 43.5 Å². The highest BCUT2D eigenvalue weighted by Crippen LogP contribution is 1.99. The van der Waals surface area contributed by atoms with Gasteiger partial charge in [0.1, 0.15) is 0 Å². The van der Waals surface area contributed by atoms with Gasteiger partial charge in [-0.25, -0.2) is 0 Å². The predicted octanol–water partition coefficient (Wildman–Crippen LogP) is 3.64. The first-order valence-electron chi connectivity index (χ1n) is 7.46. The molecule has 0 saturated heterocycles. The molecule has 0 fully saturated rings. The highest BCUT2D eigenvalue weighted by Gasteiger charge is 2.05. The zero-order valence-corrected chi connectivity index (χ0v) is 14.5. The molecule has 0 aliphatic carbocycles. The molecule has 0 atom stereocenters. The number of ketones is 1. The lowest BCUT2D eigenvalue weighted by Gasteiger charge is -2.09. The van der Waals surface area contributed by atoms with Crippen molar-refractivity contribution in [3.63, 3.8) is 0 Å². The third-order valence-corrected chi connectivity index (χ3v) is 2.31. The van der Waals surface area contributed by atoms with Crippen molar-refractivity contribution in [3.8, 4) is 0 Å². The Hall–Kier alpha value is -1.98. The Kier molecular flexibility index (Phi) is 16.6. The minimum absolute atomic E-state index is 0.0370. The van der Waals surface area contributed by atoms with Crippen molar-refractivity contribution in [1.82, 2.24) is 0 Å². The molecule has 0 bridgehead atoms. The van der Waals surface area contributed by atoms with Crippen LogP contribution < -0.4 is 0 Å². The molecule has 5 heteroatoms. The van der Waals surface area contributed by atoms with E-state index >= 15 is 0 Å². The number of rotatable bonds is 7. The van der Waals surface area contributed by atoms with Crippen molar-refractivity contribution in [1.29, 1.82) is 0 Å². The average Bonchev–Trinajstić information content (AvgIpc) is 2.56. The summed E-state index contributed by atoms with van der Waals surface area (Å²) in [7, 11) is 0. The van der Waals surface area contributed by atoms with Gasteiger partial charge >= 0.3 is 5.97 Å². The summed E-state index contributed by atoms with van der Waals surface area (Å²) in [6.45, 7) is 14.3. The summed E-state index contributed by atoms with van der Waals surface area (Å²) < 4.78 is 14.7. The van der Waals surface area contributed by atoms with Crippen LogP contribution in [0.2, 0.25) is 0 Å². The van der Waals surface area contributed by atoms with E-state index in [-0.39, 0.29) is 18.7 Å². The average molecular weight is 324 g/mol. The van der Waals surface area contributed by atoms with E-state index in [1.165, 1.54) is 6.92 Å². The van der Waals surface area contributed by atoms with Gasteiger partial charge in [-0.05, 0) is 20.8 Å². The van der Waals surface area contributed by atoms with Crippen LogP contribution in [0.25, 0.3) is 0 Å². The summed E-state index contributed by atoms with van der Waals surface area (Å²) in [4.78, 5) is 21.7. The Labute approximate surface area is 139 Å². The van der Waals surface area contributed by atoms with Gasteiger partial charge in [0, 0.05) is 25.7 Å². The van der Waals surface area contributed by atoms with Gasteiger partial charge in [0.05, 0.1) is 0 Å². The van der Waals surface area contributed by atoms with Gasteiger partial charge in [0.15, 0.2) is 18.7 Å². The summed E-state index contributed by atoms with van der Waals surface area (Å²) in [5.74, 6) is -0.625. The van der Waals surface area contributed by atoms with Crippen LogP contribution in [0.4, 0.5) is 0 Å². The molecule has 23 heavy (non-hydrogen) atoms. The highest BCUT2D eigenvalue weighted by molar-refractivity contribution is 5.97. The zero-order valence-electron chi connectivity index (χ0n) is 14.5. The second-order valence-electron chi connectivity index (χ2n) is 4.05. The van der Waals surface area contributed by atoms with Gasteiger partial charge in [-0.1, -0.05) is 30.3 Å². The van der Waals surface area contributed by atoms with Crippen LogP contribution in [0.1, 0.15) is 38.1 Å². The molecule has 0 N–H and O–H groups in total. The van der Waals surface area contributed by atoms with Crippen molar-refractivity contribution in [2.24, 2.45) is 0 Å². The predicted molar refractivity (Wildman–Crippen MR) is 91.4 cm³/mol. The molecular weight excluding hydrogens is 296 g/mol. The molecule has 130 valence electrons. The molecule has 0 aromatic heterocycles. The van der Waals surface area contributed by atoms with Gasteiger partial charge in [-0.2, -0.15) is 0 Å². The number of carbonyl (C=O) groups is 2. The van der Waals surface area contributed by atoms with Crippen LogP contribution >= 0.6 is 0 Å². The Morgan fingerprint density at radius 3 is 1.91 bits per heavy atom. The number of carbonyl (C=O) groups excluding carboxylic acids is 2. The van der Waals surface area contributed by atoms with E-state index in [0.29, 0.717) is 5.56 Å². The monoisotopic (exact) mass is 324 g/mol. The number of Topliss-reactive ketones (excluding diaryl/α,β-unsaturated/α-hetero) is 1. The summed E-state index contributed by atoms with van der Waals surface area (Å²) in [6, 6.07) is 8.72. The van der Waals surface area contributed by atoms with E-state index in [1.54, 1.807) is 24.3 Å². The molecule has 1 aromatic carbocycles. The van der Waals surface area contributed by atoms with Crippen molar-refractivity contribution >= 4 is 11.8 Å². The molecule has 0 spiro atoms. The summed E-state index contributed by atoms with van der Waals surface area (Å²) in [5.41, 5.74) is 0.559. The normalized spacial score (nSPS) is 9.09. The van der Waals surface area contributed by atoms with Gasteiger partial charge in [0.25, 0.3) is 0 Å². The molecule has 0 amide bonds. The molecule has 0 saturated carbocycles. The van der Waals surface area contributed by atoms with E-state index < -0.39 is 5.97 Å². The lowest BCUT2D eigenvalue weighted by Crippen LogP contribution is -2.11. The van der Waals surface area contributed by atoms with E-state index in [1.807, 2.05) is 26.8 Å². The molecule has 0 aliphatic heterocycles. The zero-order chi connectivity index (χ0) is 18.1. The van der Waals surface area contributed by atoms with Crippen molar-refractivity contribution in [2.45, 2.75) is 34.0 Å². The van der Waals surface area contributed by atoms with Gasteiger partial charge < -0.3 is 14.2 Å². The number of hydrogen-bond donors (Lipinski definition) is 0. The van der Waals surface area contributed by atoms with Gasteiger partial charge in [-0.3, -0.25) is 9.59 Å². The molecular formula is C18H28O5. The van der Waals surface area contributed by atoms with Gasteiger partial charge in [-0.15, -0.1) is 13.2 Å². The maximum atomic E-state index is 11.3. The van der Waals surface area contributed by atoms with Crippen molar-refractivity contribution in [3.05, 3.63) is 49.1 Å². The SMILES string of the molecule is C=C.CC(=O)OCC(=O)c1ccccc1.CCOC(C)OCC. The fourth-order valence-corrected chi connectivity index (χ4v) is 1.39. The second-order valence-corrected chi connectivity index (χ2v) is 4.05. The minimum atomic E-state index is -0.440. The van der Waals surface area contributed by atoms with Crippen LogP contribution in [-0.4, -0.2) is 37.9 Å². The second kappa shape index (κ2) is 16.4. The maximum absolute atomic E-state index is 11.3. The molecule has 0 aliphatic rings. The fraction of sp³-hybridized carbons (Fsp3) is 0.444. The fourth-order valence-electron chi connectivity index (χ4n) is 1.39. The standard InChI is InChI=1S/C10H10O3.C6H14O2.C2H4/c1-8(11)13-7-10(12)9-5-3-2-4-6-9;1-4-7-6(3)8-5-2;1-2/h2-6H,7H2,1H3;6H,4-5H2,1-3H3;1-2H2. The third kappa shape index (κ3) is 14.7. The lowest BCUT2D eigenvalue weighted by molar-refractivity contribution is -0.139. The molecule has 1 rings (SSSR count). The molecule has 0 unspecified atom stereocenters. The summed E-state index contributed by atoms with van der Waals surface area (Å²) in [5, 5.41) is 0. The quantitative estimate of drug-likeness (QED) is 0.332. The third-order valence-electron chi connectivity index (χ3n) is 2.31. The topological polar surface area (TPSA) is 61.8 Å². The van der Waals surface area contributed by atoms with Gasteiger partial charge in [0.2, 0.25) is 0 Å². The first-order chi connectivity index (χ1) is 11.0. The molecule has 1 aromatic rings. The first-order valence-corrected chi connectivity index (χ1v) is 7.46. The Balaban J connectivity index is 0. The van der Waals surface area contributed by atoms with Crippen molar-refractivity contribution in [2.75, 3.05) is 19.8 Å². The maximum Gasteiger partial charge on any atom is 0.303 e. The number of ether oxygens (including phenoxy) is 3. The van der Waals surface area contributed by atoms with Crippen LogP contribution in [0, 0.1) is 0 Å². The van der Waals surface area contributed by atoms with Crippen LogP contribution in [-0.2, 0) is 19.0 Å². The van der Waals surface area contributed by atoms with Crippen LogP contribution in [0.5, 0.6) is 0 Å². The molecule has 5 nitrogen and oxygen atoms in total. The number of hydrogen-bond acceptors (Lipinski definition) is 5. The minimum Gasteiger partial charge on any atom is -0.457 e. The van der Waals surface area contributed by atoms with E-state index in [4.69, 9.17) is 9.47 Å². The lowest BCUT2D eigenvalue weighted by atomic mass is 10.1. The highest BCUT2D eigenvalue weighted by atomic mass is 16.7. The molecule has 0 heterocycles. The molecule has 0 radical (unpaired) electrons. The Morgan fingerprint density at radius 1 is 1.04 bits per heavy atom. The Morgan fingerprint density at radius 2 is 1.52 bits per heavy atom. The number of benzene rings is 1. The summed E-state index contributed by atoms with van der Waals surface area (Å²) in [6.07, 6.45) is -0.0370. The first kappa shape index (κ1) is 23.3. The van der Waals surface area contributed by atoms with Crippen LogP contribution in [0.3, 0.4) is 0 Å². The van der Waals surface area contributed by atoms with E-state index in [9.17, 15) is 9.59 Å². The Bertz CT molecular complexity index is 411. The summed E-state index contributed by atoms with van der Waals surface area (Å²) >= 11 is 0.